The van der Waals surface area contributed by atoms with Crippen molar-refractivity contribution >= 4 is 6.09 Å². The summed E-state index contributed by atoms with van der Waals surface area (Å²) in [6.45, 7) is 6.24. The average molecular weight is 300 g/mol. The van der Waals surface area contributed by atoms with Crippen LogP contribution in [0.3, 0.4) is 0 Å². The van der Waals surface area contributed by atoms with Crippen molar-refractivity contribution in [3.63, 3.8) is 0 Å². The molecule has 0 radical (unpaired) electrons. The van der Waals surface area contributed by atoms with Gasteiger partial charge >= 0.3 is 11.9 Å². The third kappa shape index (κ3) is 7.55. The van der Waals surface area contributed by atoms with Crippen LogP contribution in [0.15, 0.2) is 13.6 Å². The highest BCUT2D eigenvalue weighted by molar-refractivity contribution is 5.66. The number of amides is 1. The molecular formula is C14H24N2O5. The third-order valence-electron chi connectivity index (χ3n) is 2.90. The molecule has 120 valence electrons. The molecule has 1 rings (SSSR count). The maximum atomic E-state index is 11.4. The maximum Gasteiger partial charge on any atom is 0.519 e. The normalized spacial score (nSPS) is 10.6. The molecule has 0 aromatic carbocycles. The van der Waals surface area contributed by atoms with Crippen molar-refractivity contribution in [1.82, 2.24) is 10.6 Å². The molecule has 0 aliphatic carbocycles. The van der Waals surface area contributed by atoms with Crippen LogP contribution in [-0.4, -0.2) is 25.7 Å². The van der Waals surface area contributed by atoms with Gasteiger partial charge in [0.15, 0.2) is 18.1 Å². The molecule has 0 fully saturated rings. The number of carbonyl (C=O) groups is 1. The molecule has 0 aliphatic heterocycles. The Hall–Kier alpha value is -1.76. The van der Waals surface area contributed by atoms with Gasteiger partial charge < -0.3 is 24.2 Å². The predicted molar refractivity (Wildman–Crippen MR) is 77.2 cm³/mol. The second-order valence-electron chi connectivity index (χ2n) is 4.75. The van der Waals surface area contributed by atoms with Crippen LogP contribution in [0.1, 0.15) is 44.1 Å². The highest BCUT2D eigenvalue weighted by Gasteiger charge is 2.10. The summed E-state index contributed by atoms with van der Waals surface area (Å²) >= 11 is 0. The summed E-state index contributed by atoms with van der Waals surface area (Å²) in [4.78, 5) is 22.2. The number of rotatable bonds is 10. The Morgan fingerprint density at radius 3 is 2.57 bits per heavy atom. The number of hydrogen-bond acceptors (Lipinski definition) is 6. The van der Waals surface area contributed by atoms with Gasteiger partial charge in [0.05, 0.1) is 0 Å². The fourth-order valence-electron chi connectivity index (χ4n) is 1.73. The smallest absolute Gasteiger partial charge is 0.441 e. The van der Waals surface area contributed by atoms with Gasteiger partial charge in [-0.05, 0) is 39.3 Å². The van der Waals surface area contributed by atoms with Gasteiger partial charge in [-0.1, -0.05) is 13.3 Å². The molecule has 1 aromatic rings. The molecule has 1 aromatic heterocycles. The molecule has 0 saturated heterocycles. The first kappa shape index (κ1) is 17.3. The summed E-state index contributed by atoms with van der Waals surface area (Å²) in [6.07, 6.45) is 3.66. The summed E-state index contributed by atoms with van der Waals surface area (Å²) in [5.74, 6) is -0.229. The molecule has 0 atom stereocenters. The highest BCUT2D eigenvalue weighted by Crippen LogP contribution is 2.06. The Morgan fingerprint density at radius 2 is 1.90 bits per heavy atom. The quantitative estimate of drug-likeness (QED) is 0.641. The van der Waals surface area contributed by atoms with Crippen molar-refractivity contribution in [2.45, 2.75) is 46.1 Å². The molecule has 0 spiro atoms. The SMILES string of the molecule is CCCNCCCCCNC(=O)OCc1oc(=O)oc1C. The predicted octanol–water partition coefficient (Wildman–Crippen LogP) is 1.94. The van der Waals surface area contributed by atoms with E-state index in [0.29, 0.717) is 12.3 Å². The number of alkyl carbamates (subject to hydrolysis) is 1. The van der Waals surface area contributed by atoms with Crippen LogP contribution < -0.4 is 16.5 Å². The highest BCUT2D eigenvalue weighted by atomic mass is 16.6. The Bertz CT molecular complexity index is 466. The van der Waals surface area contributed by atoms with Gasteiger partial charge in [-0.15, -0.1) is 0 Å². The van der Waals surface area contributed by atoms with Crippen molar-refractivity contribution in [3.8, 4) is 0 Å². The molecule has 21 heavy (non-hydrogen) atoms. The first-order valence-corrected chi connectivity index (χ1v) is 7.34. The lowest BCUT2D eigenvalue weighted by Crippen LogP contribution is -2.25. The van der Waals surface area contributed by atoms with Gasteiger partial charge in [0, 0.05) is 6.54 Å². The molecule has 1 heterocycles. The first-order chi connectivity index (χ1) is 10.1. The summed E-state index contributed by atoms with van der Waals surface area (Å²) in [5, 5.41) is 5.97. The summed E-state index contributed by atoms with van der Waals surface area (Å²) in [7, 11) is 0. The minimum Gasteiger partial charge on any atom is -0.441 e. The van der Waals surface area contributed by atoms with Crippen molar-refractivity contribution in [2.24, 2.45) is 0 Å². The molecular weight excluding hydrogens is 276 g/mol. The lowest BCUT2D eigenvalue weighted by molar-refractivity contribution is 0.130. The van der Waals surface area contributed by atoms with Gasteiger partial charge in [0.1, 0.15) is 0 Å². The fourth-order valence-corrected chi connectivity index (χ4v) is 1.73. The second-order valence-corrected chi connectivity index (χ2v) is 4.75. The number of unbranched alkanes of at least 4 members (excludes halogenated alkanes) is 2. The van der Waals surface area contributed by atoms with E-state index in [1.54, 1.807) is 6.92 Å². The maximum absolute atomic E-state index is 11.4. The average Bonchev–Trinajstić information content (AvgIpc) is 2.77. The van der Waals surface area contributed by atoms with E-state index in [1.165, 1.54) is 0 Å². The van der Waals surface area contributed by atoms with Crippen LogP contribution in [0.25, 0.3) is 0 Å². The summed E-state index contributed by atoms with van der Waals surface area (Å²) < 4.78 is 14.3. The van der Waals surface area contributed by atoms with Crippen molar-refractivity contribution in [1.29, 1.82) is 0 Å². The van der Waals surface area contributed by atoms with E-state index >= 15 is 0 Å². The molecule has 0 aliphatic rings. The number of aryl methyl sites for hydroxylation is 1. The van der Waals surface area contributed by atoms with Gasteiger partial charge in [0.2, 0.25) is 0 Å². The standard InChI is InChI=1S/C14H24N2O5/c1-3-7-15-8-5-4-6-9-16-13(17)19-10-12-11(2)20-14(18)21-12/h15H,3-10H2,1-2H3,(H,16,17). The number of nitrogens with one attached hydrogen (secondary N) is 2. The number of carbonyl (C=O) groups excluding carboxylic acids is 1. The molecule has 0 unspecified atom stereocenters. The molecule has 7 nitrogen and oxygen atoms in total. The number of hydrogen-bond donors (Lipinski definition) is 2. The van der Waals surface area contributed by atoms with Crippen LogP contribution in [0, 0.1) is 6.92 Å². The van der Waals surface area contributed by atoms with Crippen LogP contribution >= 0.6 is 0 Å². The van der Waals surface area contributed by atoms with Crippen LogP contribution in [0.5, 0.6) is 0 Å². The Kier molecular flexibility index (Phi) is 8.27. The van der Waals surface area contributed by atoms with E-state index in [2.05, 4.69) is 22.0 Å². The van der Waals surface area contributed by atoms with Crippen molar-refractivity contribution in [2.75, 3.05) is 19.6 Å². The lowest BCUT2D eigenvalue weighted by Gasteiger charge is -2.06. The van der Waals surface area contributed by atoms with Gasteiger partial charge in [-0.25, -0.2) is 9.59 Å². The lowest BCUT2D eigenvalue weighted by atomic mass is 10.2. The minimum absolute atomic E-state index is 0.107. The van der Waals surface area contributed by atoms with E-state index in [-0.39, 0.29) is 12.4 Å². The zero-order valence-electron chi connectivity index (χ0n) is 12.7. The monoisotopic (exact) mass is 300 g/mol. The molecule has 2 N–H and O–H groups in total. The van der Waals surface area contributed by atoms with E-state index in [9.17, 15) is 9.59 Å². The largest absolute Gasteiger partial charge is 0.519 e. The molecule has 1 amide bonds. The van der Waals surface area contributed by atoms with E-state index in [1.807, 2.05) is 0 Å². The zero-order chi connectivity index (χ0) is 15.5. The fraction of sp³-hybridized carbons (Fsp3) is 0.714. The van der Waals surface area contributed by atoms with Crippen molar-refractivity contribution < 1.29 is 18.4 Å². The van der Waals surface area contributed by atoms with E-state index in [0.717, 1.165) is 38.8 Å². The van der Waals surface area contributed by atoms with Crippen LogP contribution in [0.2, 0.25) is 0 Å². The second kappa shape index (κ2) is 10.0. The molecule has 0 saturated carbocycles. The topological polar surface area (TPSA) is 93.7 Å². The van der Waals surface area contributed by atoms with E-state index in [4.69, 9.17) is 9.15 Å². The zero-order valence-corrected chi connectivity index (χ0v) is 12.7. The van der Waals surface area contributed by atoms with Crippen molar-refractivity contribution in [3.05, 3.63) is 22.1 Å². The Balaban J connectivity index is 2.01. The number of ether oxygens (including phenoxy) is 1. The summed E-state index contributed by atoms with van der Waals surface area (Å²) in [6, 6.07) is 0. The first-order valence-electron chi connectivity index (χ1n) is 7.34. The Labute approximate surface area is 124 Å². The van der Waals surface area contributed by atoms with E-state index < -0.39 is 11.9 Å². The molecule has 0 bridgehead atoms. The van der Waals surface area contributed by atoms with Gasteiger partial charge in [0.25, 0.3) is 0 Å². The summed E-state index contributed by atoms with van der Waals surface area (Å²) in [5.41, 5.74) is 0. The molecule has 7 heteroatoms. The van der Waals surface area contributed by atoms with Gasteiger partial charge in [-0.3, -0.25) is 0 Å². The van der Waals surface area contributed by atoms with Crippen LogP contribution in [-0.2, 0) is 11.3 Å². The Morgan fingerprint density at radius 1 is 1.14 bits per heavy atom. The van der Waals surface area contributed by atoms with Gasteiger partial charge in [-0.2, -0.15) is 0 Å². The van der Waals surface area contributed by atoms with Crippen LogP contribution in [0.4, 0.5) is 4.79 Å². The third-order valence-corrected chi connectivity index (χ3v) is 2.90. The minimum atomic E-state index is -0.789.